The second-order valence-electron chi connectivity index (χ2n) is 11.7. The van der Waals surface area contributed by atoms with E-state index in [4.69, 9.17) is 0 Å². The fourth-order valence-electron chi connectivity index (χ4n) is 7.96. The van der Waals surface area contributed by atoms with Gasteiger partial charge in [-0.25, -0.2) is 0 Å². The van der Waals surface area contributed by atoms with Crippen LogP contribution < -0.4 is 4.90 Å². The zero-order valence-corrected chi connectivity index (χ0v) is 21.1. The van der Waals surface area contributed by atoms with Crippen LogP contribution in [0.3, 0.4) is 0 Å². The maximum atomic E-state index is 11.1. The fraction of sp³-hybridized carbons (Fsp3) is 0.567. The molecule has 2 bridgehead atoms. The number of rotatable bonds is 5. The van der Waals surface area contributed by atoms with Crippen molar-refractivity contribution in [3.8, 4) is 11.8 Å². The van der Waals surface area contributed by atoms with Crippen molar-refractivity contribution in [2.75, 3.05) is 37.6 Å². The quantitative estimate of drug-likeness (QED) is 0.503. The van der Waals surface area contributed by atoms with Crippen LogP contribution in [0.1, 0.15) is 67.9 Å². The zero-order valence-electron chi connectivity index (χ0n) is 21.1. The van der Waals surface area contributed by atoms with E-state index in [-0.39, 0.29) is 0 Å². The molecular formula is C30H38N4O2. The van der Waals surface area contributed by atoms with E-state index in [1.165, 1.54) is 49.6 Å². The van der Waals surface area contributed by atoms with E-state index in [1.807, 2.05) is 16.8 Å². The number of benzene rings is 1. The fourth-order valence-corrected chi connectivity index (χ4v) is 7.96. The van der Waals surface area contributed by atoms with Gasteiger partial charge >= 0.3 is 0 Å². The molecule has 3 aromatic rings. The number of aromatic nitrogens is 2. The molecule has 4 unspecified atom stereocenters. The van der Waals surface area contributed by atoms with Gasteiger partial charge in [0.05, 0.1) is 11.2 Å². The lowest BCUT2D eigenvalue weighted by atomic mass is 9.78. The molecule has 4 aliphatic rings. The molecule has 4 atom stereocenters. The topological polar surface area (TPSA) is 64.8 Å². The largest absolute Gasteiger partial charge is 0.494 e. The maximum absolute atomic E-state index is 11.1. The number of piperazine rings is 1. The Kier molecular flexibility index (Phi) is 5.61. The molecule has 190 valence electrons. The van der Waals surface area contributed by atoms with Gasteiger partial charge in [0.15, 0.2) is 11.8 Å². The van der Waals surface area contributed by atoms with Crippen LogP contribution in [0.15, 0.2) is 36.5 Å². The lowest BCUT2D eigenvalue weighted by molar-refractivity contribution is 0.130. The van der Waals surface area contributed by atoms with E-state index in [9.17, 15) is 10.2 Å². The molecule has 6 heteroatoms. The average molecular weight is 487 g/mol. The minimum Gasteiger partial charge on any atom is -0.494 e. The van der Waals surface area contributed by atoms with Crippen molar-refractivity contribution in [1.82, 2.24) is 14.5 Å². The Morgan fingerprint density at radius 2 is 1.44 bits per heavy atom. The summed E-state index contributed by atoms with van der Waals surface area (Å²) in [6.07, 6.45) is 10.4. The standard InChI is InChI=1S/C30H38N4O2/c35-29-26-21-10-11-22(17-21)27(26)30(36)34(29)19-24-6-2-1-5-23(24)18-32-13-15-33(16-14-32)25-9-3-7-20-8-4-12-31-28(20)25/h3-4,7-9,12,21-24,35-36H,1-2,5-6,10-11,13-19H2. The van der Waals surface area contributed by atoms with E-state index in [0.29, 0.717) is 35.4 Å². The average Bonchev–Trinajstić information content (AvgIpc) is 3.60. The van der Waals surface area contributed by atoms with Crippen molar-refractivity contribution in [2.24, 2.45) is 11.8 Å². The third kappa shape index (κ3) is 3.68. The molecule has 7 rings (SSSR count). The predicted octanol–water partition coefficient (Wildman–Crippen LogP) is 5.44. The van der Waals surface area contributed by atoms with Gasteiger partial charge in [0.1, 0.15) is 0 Å². The summed E-state index contributed by atoms with van der Waals surface area (Å²) in [5.74, 6) is 2.81. The van der Waals surface area contributed by atoms with Crippen molar-refractivity contribution in [3.05, 3.63) is 47.7 Å². The summed E-state index contributed by atoms with van der Waals surface area (Å²) in [4.78, 5) is 9.81. The molecule has 0 spiro atoms. The molecule has 1 aliphatic heterocycles. The smallest absolute Gasteiger partial charge is 0.197 e. The summed E-state index contributed by atoms with van der Waals surface area (Å²) >= 11 is 0. The van der Waals surface area contributed by atoms with Crippen LogP contribution in [0, 0.1) is 11.8 Å². The highest BCUT2D eigenvalue weighted by molar-refractivity contribution is 5.90. The molecule has 1 aromatic carbocycles. The van der Waals surface area contributed by atoms with Crippen LogP contribution in [0.2, 0.25) is 0 Å². The first-order valence-corrected chi connectivity index (χ1v) is 14.1. The normalized spacial score (nSPS) is 28.2. The molecule has 2 N–H and O–H groups in total. The number of aromatic hydroxyl groups is 2. The SMILES string of the molecule is Oc1c2c(c(O)n1CC1CCCCC1CN1CCN(c3cccc4cccnc34)CC1)C1CCC2C1. The Balaban J connectivity index is 1.03. The van der Waals surface area contributed by atoms with Gasteiger partial charge in [0, 0.05) is 62.0 Å². The summed E-state index contributed by atoms with van der Waals surface area (Å²) in [6, 6.07) is 10.7. The second-order valence-corrected chi connectivity index (χ2v) is 11.7. The molecule has 2 saturated carbocycles. The van der Waals surface area contributed by atoms with E-state index >= 15 is 0 Å². The molecule has 2 aromatic heterocycles. The second kappa shape index (κ2) is 8.98. The van der Waals surface area contributed by atoms with Crippen LogP contribution in [0.5, 0.6) is 11.8 Å². The van der Waals surface area contributed by atoms with Crippen LogP contribution in [0.25, 0.3) is 10.9 Å². The third-order valence-electron chi connectivity index (χ3n) is 9.83. The van der Waals surface area contributed by atoms with Crippen molar-refractivity contribution >= 4 is 16.6 Å². The van der Waals surface area contributed by atoms with Crippen LogP contribution in [-0.2, 0) is 6.54 Å². The van der Waals surface area contributed by atoms with E-state index < -0.39 is 0 Å². The van der Waals surface area contributed by atoms with Gasteiger partial charge in [-0.1, -0.05) is 31.0 Å². The van der Waals surface area contributed by atoms with Crippen LogP contribution >= 0.6 is 0 Å². The molecule has 6 nitrogen and oxygen atoms in total. The maximum Gasteiger partial charge on any atom is 0.197 e. The molecule has 3 heterocycles. The zero-order chi connectivity index (χ0) is 24.2. The summed E-state index contributed by atoms with van der Waals surface area (Å²) in [5, 5.41) is 23.4. The summed E-state index contributed by atoms with van der Waals surface area (Å²) in [7, 11) is 0. The van der Waals surface area contributed by atoms with E-state index in [0.717, 1.165) is 62.3 Å². The number of fused-ring (bicyclic) bond motifs is 6. The number of anilines is 1. The summed E-state index contributed by atoms with van der Waals surface area (Å²) < 4.78 is 1.88. The van der Waals surface area contributed by atoms with Gasteiger partial charge in [-0.3, -0.25) is 14.5 Å². The van der Waals surface area contributed by atoms with Gasteiger partial charge in [0.2, 0.25) is 0 Å². The highest BCUT2D eigenvalue weighted by atomic mass is 16.3. The Bertz CT molecular complexity index is 1220. The van der Waals surface area contributed by atoms with Gasteiger partial charge < -0.3 is 15.1 Å². The third-order valence-corrected chi connectivity index (χ3v) is 9.83. The molecule has 36 heavy (non-hydrogen) atoms. The van der Waals surface area contributed by atoms with Crippen molar-refractivity contribution in [2.45, 2.75) is 63.3 Å². The first-order valence-electron chi connectivity index (χ1n) is 14.1. The number of hydrogen-bond acceptors (Lipinski definition) is 5. The van der Waals surface area contributed by atoms with Gasteiger partial charge in [-0.2, -0.15) is 0 Å². The summed E-state index contributed by atoms with van der Waals surface area (Å²) in [5.41, 5.74) is 4.52. The van der Waals surface area contributed by atoms with Gasteiger partial charge in [-0.15, -0.1) is 0 Å². The number of nitrogens with zero attached hydrogens (tertiary/aromatic N) is 4. The monoisotopic (exact) mass is 486 g/mol. The van der Waals surface area contributed by atoms with E-state index in [2.05, 4.69) is 39.0 Å². The number of hydrogen-bond donors (Lipinski definition) is 2. The van der Waals surface area contributed by atoms with Gasteiger partial charge in [0.25, 0.3) is 0 Å². The van der Waals surface area contributed by atoms with Crippen molar-refractivity contribution in [3.63, 3.8) is 0 Å². The number of para-hydroxylation sites is 1. The first kappa shape index (κ1) is 22.5. The molecule has 1 saturated heterocycles. The predicted molar refractivity (Wildman–Crippen MR) is 143 cm³/mol. The lowest BCUT2D eigenvalue weighted by Crippen LogP contribution is -2.49. The molecule has 0 amide bonds. The highest BCUT2D eigenvalue weighted by Gasteiger charge is 2.44. The minimum absolute atomic E-state index is 0.372. The highest BCUT2D eigenvalue weighted by Crippen LogP contribution is 2.60. The molecule has 3 aliphatic carbocycles. The minimum atomic E-state index is 0.372. The molecular weight excluding hydrogens is 448 g/mol. The van der Waals surface area contributed by atoms with Gasteiger partial charge in [-0.05, 0) is 67.9 Å². The van der Waals surface area contributed by atoms with Crippen molar-refractivity contribution in [1.29, 1.82) is 0 Å². The lowest BCUT2D eigenvalue weighted by Gasteiger charge is -2.40. The Morgan fingerprint density at radius 1 is 0.778 bits per heavy atom. The Labute approximate surface area is 213 Å². The summed E-state index contributed by atoms with van der Waals surface area (Å²) in [6.45, 7) is 6.09. The van der Waals surface area contributed by atoms with Crippen molar-refractivity contribution < 1.29 is 10.2 Å². The van der Waals surface area contributed by atoms with E-state index in [1.54, 1.807) is 0 Å². The molecule has 3 fully saturated rings. The first-order chi connectivity index (χ1) is 17.7. The molecule has 0 radical (unpaired) electrons. The van der Waals surface area contributed by atoms with Crippen LogP contribution in [-0.4, -0.2) is 57.4 Å². The Hall–Kier alpha value is -2.73. The Morgan fingerprint density at radius 3 is 2.17 bits per heavy atom. The van der Waals surface area contributed by atoms with Crippen LogP contribution in [0.4, 0.5) is 5.69 Å². The number of pyridine rings is 1.